The zero-order chi connectivity index (χ0) is 18.9. The van der Waals surface area contributed by atoms with Gasteiger partial charge in [-0.15, -0.1) is 11.3 Å². The maximum Gasteiger partial charge on any atom is 0.407 e. The number of aromatic nitrogens is 1. The average Bonchev–Trinajstić information content (AvgIpc) is 3.36. The number of hydrogen-bond donors (Lipinski definition) is 2. The van der Waals surface area contributed by atoms with Crippen molar-refractivity contribution in [2.75, 3.05) is 11.9 Å². The first-order chi connectivity index (χ1) is 13.2. The van der Waals surface area contributed by atoms with Gasteiger partial charge < -0.3 is 19.8 Å². The Morgan fingerprint density at radius 1 is 1.15 bits per heavy atom. The predicted octanol–water partition coefficient (Wildman–Crippen LogP) is 4.05. The highest BCUT2D eigenvalue weighted by Gasteiger charge is 2.10. The van der Waals surface area contributed by atoms with Crippen LogP contribution in [0.15, 0.2) is 58.5 Å². The van der Waals surface area contributed by atoms with Gasteiger partial charge in [0.15, 0.2) is 10.9 Å². The molecule has 3 rings (SSSR count). The number of carbonyl (C=O) groups excluding carboxylic acids is 2. The summed E-state index contributed by atoms with van der Waals surface area (Å²) in [5, 5.41) is 7.70. The highest BCUT2D eigenvalue weighted by Crippen LogP contribution is 2.25. The summed E-state index contributed by atoms with van der Waals surface area (Å²) >= 11 is 1.33. The fourth-order valence-electron chi connectivity index (χ4n) is 2.26. The third kappa shape index (κ3) is 5.96. The number of thiazole rings is 1. The Morgan fingerprint density at radius 3 is 2.78 bits per heavy atom. The van der Waals surface area contributed by atoms with E-state index in [9.17, 15) is 9.59 Å². The monoisotopic (exact) mass is 385 g/mol. The summed E-state index contributed by atoms with van der Waals surface area (Å²) in [5.41, 5.74) is 1.60. The third-order valence-corrected chi connectivity index (χ3v) is 4.34. The van der Waals surface area contributed by atoms with Gasteiger partial charge in [-0.25, -0.2) is 9.78 Å². The van der Waals surface area contributed by atoms with Gasteiger partial charge >= 0.3 is 6.09 Å². The van der Waals surface area contributed by atoms with Gasteiger partial charge in [0.05, 0.1) is 6.26 Å². The van der Waals surface area contributed by atoms with Crippen LogP contribution < -0.4 is 10.6 Å². The van der Waals surface area contributed by atoms with Crippen molar-refractivity contribution in [2.24, 2.45) is 0 Å². The lowest BCUT2D eigenvalue weighted by Gasteiger charge is -2.07. The Balaban J connectivity index is 1.31. The van der Waals surface area contributed by atoms with Crippen LogP contribution in [0.1, 0.15) is 18.4 Å². The highest BCUT2D eigenvalue weighted by atomic mass is 32.1. The maximum absolute atomic E-state index is 12.0. The lowest BCUT2D eigenvalue weighted by atomic mass is 10.2. The van der Waals surface area contributed by atoms with Crippen molar-refractivity contribution in [3.63, 3.8) is 0 Å². The minimum Gasteiger partial charge on any atom is -0.463 e. The van der Waals surface area contributed by atoms with Gasteiger partial charge in [-0.05, 0) is 24.1 Å². The molecule has 2 aromatic heterocycles. The largest absolute Gasteiger partial charge is 0.463 e. The van der Waals surface area contributed by atoms with Crippen molar-refractivity contribution in [1.29, 1.82) is 0 Å². The van der Waals surface area contributed by atoms with Crippen molar-refractivity contribution in [3.8, 4) is 11.5 Å². The molecule has 3 aromatic rings. The third-order valence-electron chi connectivity index (χ3n) is 3.59. The van der Waals surface area contributed by atoms with Crippen LogP contribution in [0.5, 0.6) is 0 Å². The van der Waals surface area contributed by atoms with Crippen LogP contribution in [0.3, 0.4) is 0 Å². The maximum atomic E-state index is 12.0. The molecule has 1 aromatic carbocycles. The fraction of sp³-hybridized carbons (Fsp3) is 0.211. The van der Waals surface area contributed by atoms with Crippen molar-refractivity contribution in [1.82, 2.24) is 10.3 Å². The van der Waals surface area contributed by atoms with E-state index in [1.807, 2.05) is 41.8 Å². The van der Waals surface area contributed by atoms with Crippen LogP contribution in [0.2, 0.25) is 0 Å². The normalized spacial score (nSPS) is 10.4. The molecule has 140 valence electrons. The van der Waals surface area contributed by atoms with Crippen LogP contribution in [0.4, 0.5) is 9.93 Å². The van der Waals surface area contributed by atoms with Crippen LogP contribution in [-0.4, -0.2) is 23.5 Å². The molecule has 0 saturated carbocycles. The zero-order valence-electron chi connectivity index (χ0n) is 14.5. The number of anilines is 1. The second kappa shape index (κ2) is 9.54. The zero-order valence-corrected chi connectivity index (χ0v) is 15.3. The number of furan rings is 1. The molecule has 0 atom stereocenters. The van der Waals surface area contributed by atoms with Gasteiger partial charge in [0.25, 0.3) is 0 Å². The summed E-state index contributed by atoms with van der Waals surface area (Å²) in [6, 6.07) is 13.0. The summed E-state index contributed by atoms with van der Waals surface area (Å²) < 4.78 is 10.4. The predicted molar refractivity (Wildman–Crippen MR) is 102 cm³/mol. The number of amides is 2. The minimum absolute atomic E-state index is 0.158. The quantitative estimate of drug-likeness (QED) is 0.571. The topological polar surface area (TPSA) is 93.5 Å². The SMILES string of the molecule is O=C(CCCNC(=O)OCc1ccccc1)Nc1nc(-c2ccco2)cs1. The Bertz CT molecular complexity index is 862. The van der Waals surface area contributed by atoms with E-state index < -0.39 is 6.09 Å². The standard InChI is InChI=1S/C19H19N3O4S/c23-17(22-18-21-15(13-27-18)16-8-5-11-25-16)9-4-10-20-19(24)26-12-14-6-2-1-3-7-14/h1-3,5-8,11,13H,4,9-10,12H2,(H,20,24)(H,21,22,23). The molecule has 2 N–H and O–H groups in total. The van der Waals surface area contributed by atoms with Crippen LogP contribution in [0, 0.1) is 0 Å². The summed E-state index contributed by atoms with van der Waals surface area (Å²) in [6.07, 6.45) is 1.85. The Hall–Kier alpha value is -3.13. The van der Waals surface area contributed by atoms with Gasteiger partial charge in [0, 0.05) is 18.3 Å². The van der Waals surface area contributed by atoms with Crippen molar-refractivity contribution < 1.29 is 18.7 Å². The number of carbonyl (C=O) groups is 2. The molecular weight excluding hydrogens is 366 g/mol. The van der Waals surface area contributed by atoms with Crippen molar-refractivity contribution >= 4 is 28.5 Å². The van der Waals surface area contributed by atoms with E-state index in [0.29, 0.717) is 29.6 Å². The Labute approximate surface area is 160 Å². The molecule has 0 aliphatic rings. The van der Waals surface area contributed by atoms with E-state index in [2.05, 4.69) is 15.6 Å². The second-order valence-electron chi connectivity index (χ2n) is 5.66. The molecule has 0 spiro atoms. The molecule has 8 heteroatoms. The second-order valence-corrected chi connectivity index (χ2v) is 6.51. The summed E-state index contributed by atoms with van der Waals surface area (Å²) in [5.74, 6) is 0.500. The van der Waals surface area contributed by atoms with Gasteiger partial charge in [-0.1, -0.05) is 30.3 Å². The Kier molecular flexibility index (Phi) is 6.59. The number of rotatable bonds is 8. The highest BCUT2D eigenvalue weighted by molar-refractivity contribution is 7.14. The van der Waals surface area contributed by atoms with E-state index in [0.717, 1.165) is 5.56 Å². The van der Waals surface area contributed by atoms with Crippen molar-refractivity contribution in [2.45, 2.75) is 19.4 Å². The summed E-state index contributed by atoms with van der Waals surface area (Å²) in [4.78, 5) is 27.9. The van der Waals surface area contributed by atoms with Crippen molar-refractivity contribution in [3.05, 3.63) is 59.7 Å². The fourth-order valence-corrected chi connectivity index (χ4v) is 2.98. The smallest absolute Gasteiger partial charge is 0.407 e. The van der Waals surface area contributed by atoms with Gasteiger partial charge in [0.1, 0.15) is 12.3 Å². The van der Waals surface area contributed by atoms with Gasteiger partial charge in [-0.3, -0.25) is 4.79 Å². The molecule has 0 saturated heterocycles. The molecule has 27 heavy (non-hydrogen) atoms. The minimum atomic E-state index is -0.498. The number of hydrogen-bond acceptors (Lipinski definition) is 6. The van der Waals surface area contributed by atoms with Gasteiger partial charge in [-0.2, -0.15) is 0 Å². The molecule has 0 aliphatic heterocycles. The van der Waals surface area contributed by atoms with Crippen LogP contribution >= 0.6 is 11.3 Å². The van der Waals surface area contributed by atoms with E-state index in [1.54, 1.807) is 12.3 Å². The molecule has 0 fully saturated rings. The van der Waals surface area contributed by atoms with E-state index >= 15 is 0 Å². The number of ether oxygens (including phenoxy) is 1. The summed E-state index contributed by atoms with van der Waals surface area (Å²) in [7, 11) is 0. The van der Waals surface area contributed by atoms with E-state index in [1.165, 1.54) is 11.3 Å². The molecule has 0 radical (unpaired) electrons. The lowest BCUT2D eigenvalue weighted by Crippen LogP contribution is -2.26. The van der Waals surface area contributed by atoms with E-state index in [4.69, 9.17) is 9.15 Å². The number of nitrogens with one attached hydrogen (secondary N) is 2. The molecule has 2 amide bonds. The number of alkyl carbamates (subject to hydrolysis) is 1. The number of nitrogens with zero attached hydrogens (tertiary/aromatic N) is 1. The van der Waals surface area contributed by atoms with Crippen LogP contribution in [-0.2, 0) is 16.1 Å². The molecule has 0 unspecified atom stereocenters. The average molecular weight is 385 g/mol. The van der Waals surface area contributed by atoms with Crippen LogP contribution in [0.25, 0.3) is 11.5 Å². The Morgan fingerprint density at radius 2 is 2.00 bits per heavy atom. The molecule has 2 heterocycles. The first-order valence-corrected chi connectivity index (χ1v) is 9.32. The van der Waals surface area contributed by atoms with Gasteiger partial charge in [0.2, 0.25) is 5.91 Å². The molecule has 7 nitrogen and oxygen atoms in total. The summed E-state index contributed by atoms with van der Waals surface area (Å²) in [6.45, 7) is 0.575. The lowest BCUT2D eigenvalue weighted by molar-refractivity contribution is -0.116. The first-order valence-electron chi connectivity index (χ1n) is 8.44. The number of benzene rings is 1. The molecule has 0 bridgehead atoms. The van der Waals surface area contributed by atoms with E-state index in [-0.39, 0.29) is 18.9 Å². The molecule has 0 aliphatic carbocycles. The molecular formula is C19H19N3O4S. The first kappa shape index (κ1) is 18.7.